The molecule has 0 bridgehead atoms. The molecule has 3 rings (SSSR count). The molecule has 92 valence electrons. The molecular weight excluding hydrogens is 240 g/mol. The fourth-order valence-corrected chi connectivity index (χ4v) is 1.40. The topological polar surface area (TPSA) is 30.2 Å². The number of hydrogen-bond donors (Lipinski definition) is 0. The van der Waals surface area contributed by atoms with Crippen molar-refractivity contribution in [3.63, 3.8) is 0 Å². The maximum absolute atomic E-state index is 10.7. The molecule has 0 aliphatic carbocycles. The van der Waals surface area contributed by atoms with E-state index < -0.39 is 0 Å². The molecule has 3 heteroatoms. The standard InChI is InChI=1S/C9H6O2.C6H6.H4Si/c10-9-6-5-7-3-1-2-4-8(7)11-9;1-2-4-6-5-3-1;/h1-6H;1-6H;1H4. The summed E-state index contributed by atoms with van der Waals surface area (Å²) >= 11 is 0. The van der Waals surface area contributed by atoms with E-state index in [0.29, 0.717) is 5.58 Å². The fourth-order valence-electron chi connectivity index (χ4n) is 1.40. The van der Waals surface area contributed by atoms with E-state index in [1.807, 2.05) is 54.6 Å². The zero-order chi connectivity index (χ0) is 11.9. The van der Waals surface area contributed by atoms with Gasteiger partial charge < -0.3 is 4.42 Å². The molecule has 0 unspecified atom stereocenters. The van der Waals surface area contributed by atoms with Gasteiger partial charge in [0, 0.05) is 11.5 Å². The molecule has 0 aliphatic rings. The van der Waals surface area contributed by atoms with Gasteiger partial charge >= 0.3 is 5.63 Å². The smallest absolute Gasteiger partial charge is 0.336 e. The number of benzene rings is 2. The largest absolute Gasteiger partial charge is 0.423 e. The Kier molecular flexibility index (Phi) is 5.61. The third-order valence-corrected chi connectivity index (χ3v) is 2.20. The van der Waals surface area contributed by atoms with E-state index in [-0.39, 0.29) is 16.6 Å². The summed E-state index contributed by atoms with van der Waals surface area (Å²) in [6.45, 7) is 0. The third kappa shape index (κ3) is 4.03. The van der Waals surface area contributed by atoms with E-state index in [4.69, 9.17) is 4.42 Å². The van der Waals surface area contributed by atoms with Crippen LogP contribution >= 0.6 is 0 Å². The minimum atomic E-state index is -0.302. The van der Waals surface area contributed by atoms with Gasteiger partial charge in [0.05, 0.1) is 0 Å². The molecule has 0 spiro atoms. The first-order chi connectivity index (χ1) is 8.36. The van der Waals surface area contributed by atoms with Crippen LogP contribution in [0.2, 0.25) is 0 Å². The quantitative estimate of drug-likeness (QED) is 0.455. The Morgan fingerprint density at radius 2 is 1.22 bits per heavy atom. The van der Waals surface area contributed by atoms with Gasteiger partial charge in [-0.25, -0.2) is 4.79 Å². The molecule has 3 aromatic rings. The predicted molar refractivity (Wildman–Crippen MR) is 80.3 cm³/mol. The number of para-hydroxylation sites is 1. The lowest BCUT2D eigenvalue weighted by Crippen LogP contribution is -1.93. The van der Waals surface area contributed by atoms with Crippen LogP contribution in [0.5, 0.6) is 0 Å². The number of fused-ring (bicyclic) bond motifs is 1. The second kappa shape index (κ2) is 7.24. The van der Waals surface area contributed by atoms with Crippen LogP contribution in [0.1, 0.15) is 0 Å². The Morgan fingerprint density at radius 3 is 1.83 bits per heavy atom. The van der Waals surface area contributed by atoms with Crippen LogP contribution in [0.25, 0.3) is 11.0 Å². The van der Waals surface area contributed by atoms with Gasteiger partial charge in [-0.3, -0.25) is 0 Å². The summed E-state index contributed by atoms with van der Waals surface area (Å²) < 4.78 is 4.91. The predicted octanol–water partition coefficient (Wildman–Crippen LogP) is 2.03. The van der Waals surface area contributed by atoms with Crippen molar-refractivity contribution in [3.8, 4) is 0 Å². The van der Waals surface area contributed by atoms with E-state index in [1.54, 1.807) is 12.1 Å². The van der Waals surface area contributed by atoms with Crippen molar-refractivity contribution >= 4 is 21.9 Å². The van der Waals surface area contributed by atoms with Crippen molar-refractivity contribution in [2.75, 3.05) is 0 Å². The SMILES string of the molecule is O=c1ccc2ccccc2o1.[SiH4].c1ccccc1. The first-order valence-corrected chi connectivity index (χ1v) is 5.35. The third-order valence-electron chi connectivity index (χ3n) is 2.20. The lowest BCUT2D eigenvalue weighted by atomic mass is 10.2. The van der Waals surface area contributed by atoms with Gasteiger partial charge in [0.1, 0.15) is 5.58 Å². The van der Waals surface area contributed by atoms with E-state index in [9.17, 15) is 4.79 Å². The zero-order valence-electron chi connectivity index (χ0n) is 9.24. The summed E-state index contributed by atoms with van der Waals surface area (Å²) in [7, 11) is 0. The lowest BCUT2D eigenvalue weighted by Gasteiger charge is -1.91. The highest BCUT2D eigenvalue weighted by atomic mass is 28.1. The van der Waals surface area contributed by atoms with Crippen LogP contribution < -0.4 is 5.63 Å². The Bertz CT molecular complexity index is 606. The van der Waals surface area contributed by atoms with E-state index in [2.05, 4.69) is 0 Å². The summed E-state index contributed by atoms with van der Waals surface area (Å²) in [6, 6.07) is 22.6. The molecule has 0 fully saturated rings. The first kappa shape index (κ1) is 13.9. The van der Waals surface area contributed by atoms with Gasteiger partial charge in [0.2, 0.25) is 0 Å². The molecule has 0 saturated heterocycles. The summed E-state index contributed by atoms with van der Waals surface area (Å²) in [6.07, 6.45) is 0. The fraction of sp³-hybridized carbons (Fsp3) is 0. The molecular formula is C15H16O2Si. The van der Waals surface area contributed by atoms with Crippen molar-refractivity contribution in [1.29, 1.82) is 0 Å². The summed E-state index contributed by atoms with van der Waals surface area (Å²) in [5.41, 5.74) is 0.337. The van der Waals surface area contributed by atoms with E-state index in [1.165, 1.54) is 6.07 Å². The second-order valence-electron chi connectivity index (χ2n) is 3.45. The van der Waals surface area contributed by atoms with E-state index in [0.717, 1.165) is 5.39 Å². The summed E-state index contributed by atoms with van der Waals surface area (Å²) in [4.78, 5) is 10.7. The Balaban J connectivity index is 0.000000199. The minimum Gasteiger partial charge on any atom is -0.423 e. The monoisotopic (exact) mass is 256 g/mol. The summed E-state index contributed by atoms with van der Waals surface area (Å²) in [5, 5.41) is 0.951. The normalized spacial score (nSPS) is 8.89. The van der Waals surface area contributed by atoms with Crippen molar-refractivity contribution < 1.29 is 4.42 Å². The highest BCUT2D eigenvalue weighted by Gasteiger charge is 1.92. The van der Waals surface area contributed by atoms with Gasteiger partial charge in [-0.05, 0) is 23.1 Å². The van der Waals surface area contributed by atoms with Gasteiger partial charge in [0.25, 0.3) is 0 Å². The van der Waals surface area contributed by atoms with Gasteiger partial charge in [0.15, 0.2) is 0 Å². The van der Waals surface area contributed by atoms with Crippen LogP contribution in [-0.4, -0.2) is 11.0 Å². The van der Waals surface area contributed by atoms with Crippen molar-refractivity contribution in [3.05, 3.63) is 83.2 Å². The Morgan fingerprint density at radius 1 is 0.667 bits per heavy atom. The average Bonchev–Trinajstić information content (AvgIpc) is 2.41. The first-order valence-electron chi connectivity index (χ1n) is 5.35. The van der Waals surface area contributed by atoms with Gasteiger partial charge in [-0.15, -0.1) is 0 Å². The zero-order valence-corrected chi connectivity index (χ0v) is 9.24. The molecule has 0 atom stereocenters. The maximum atomic E-state index is 10.7. The molecule has 1 aromatic heterocycles. The van der Waals surface area contributed by atoms with Crippen LogP contribution in [0, 0.1) is 0 Å². The van der Waals surface area contributed by atoms with Crippen LogP contribution in [0.4, 0.5) is 0 Å². The maximum Gasteiger partial charge on any atom is 0.336 e. The highest BCUT2D eigenvalue weighted by Crippen LogP contribution is 2.08. The van der Waals surface area contributed by atoms with Crippen LogP contribution in [-0.2, 0) is 0 Å². The average molecular weight is 256 g/mol. The van der Waals surface area contributed by atoms with Crippen molar-refractivity contribution in [2.24, 2.45) is 0 Å². The van der Waals surface area contributed by atoms with E-state index >= 15 is 0 Å². The minimum absolute atomic E-state index is 0. The summed E-state index contributed by atoms with van der Waals surface area (Å²) in [5.74, 6) is 0. The molecule has 0 amide bonds. The molecule has 0 radical (unpaired) electrons. The van der Waals surface area contributed by atoms with Crippen molar-refractivity contribution in [1.82, 2.24) is 0 Å². The lowest BCUT2D eigenvalue weighted by molar-refractivity contribution is 0.561. The molecule has 1 heterocycles. The second-order valence-corrected chi connectivity index (χ2v) is 3.45. The molecule has 0 N–H and O–H groups in total. The highest BCUT2D eigenvalue weighted by molar-refractivity contribution is 5.76. The van der Waals surface area contributed by atoms with Gasteiger partial charge in [-0.2, -0.15) is 0 Å². The number of hydrogen-bond acceptors (Lipinski definition) is 2. The Hall–Kier alpha value is -2.13. The van der Waals surface area contributed by atoms with Crippen molar-refractivity contribution in [2.45, 2.75) is 0 Å². The molecule has 18 heavy (non-hydrogen) atoms. The molecule has 2 aromatic carbocycles. The van der Waals surface area contributed by atoms with Crippen LogP contribution in [0.15, 0.2) is 82.0 Å². The molecule has 0 saturated carbocycles. The Labute approximate surface area is 110 Å². The van der Waals surface area contributed by atoms with Gasteiger partial charge in [-0.1, -0.05) is 54.6 Å². The van der Waals surface area contributed by atoms with Crippen LogP contribution in [0.3, 0.4) is 0 Å². The number of rotatable bonds is 0. The molecule has 0 aliphatic heterocycles. The molecule has 2 nitrogen and oxygen atoms in total.